The molecule has 0 radical (unpaired) electrons. The van der Waals surface area contributed by atoms with Gasteiger partial charge in [-0.3, -0.25) is 9.59 Å². The first kappa shape index (κ1) is 18.0. The maximum absolute atomic E-state index is 12.8. The van der Waals surface area contributed by atoms with Crippen molar-refractivity contribution in [3.8, 4) is 0 Å². The SMILES string of the molecule is CCC1(CC)C(=O)NC(CC(C)C)C(=O)N1CC(C)=CCl. The van der Waals surface area contributed by atoms with Crippen LogP contribution in [0, 0.1) is 5.92 Å². The Bertz CT molecular complexity index is 428. The van der Waals surface area contributed by atoms with Gasteiger partial charge >= 0.3 is 0 Å². The molecular weight excluding hydrogens is 288 g/mol. The second-order valence-electron chi connectivity index (χ2n) is 6.27. The number of carbonyl (C=O) groups is 2. The van der Waals surface area contributed by atoms with Crippen LogP contribution in [0.4, 0.5) is 0 Å². The van der Waals surface area contributed by atoms with Gasteiger partial charge < -0.3 is 10.2 Å². The summed E-state index contributed by atoms with van der Waals surface area (Å²) >= 11 is 5.75. The lowest BCUT2D eigenvalue weighted by Gasteiger charge is -2.48. The minimum Gasteiger partial charge on any atom is -0.342 e. The van der Waals surface area contributed by atoms with E-state index in [4.69, 9.17) is 11.6 Å². The Hall–Kier alpha value is -1.03. The van der Waals surface area contributed by atoms with Crippen molar-refractivity contribution in [2.24, 2.45) is 5.92 Å². The van der Waals surface area contributed by atoms with Gasteiger partial charge in [-0.2, -0.15) is 0 Å². The van der Waals surface area contributed by atoms with Crippen LogP contribution in [0.2, 0.25) is 0 Å². The molecule has 1 saturated heterocycles. The Morgan fingerprint density at radius 3 is 2.38 bits per heavy atom. The molecule has 5 heteroatoms. The lowest BCUT2D eigenvalue weighted by Crippen LogP contribution is -2.70. The summed E-state index contributed by atoms with van der Waals surface area (Å²) in [5, 5.41) is 2.93. The number of hydrogen-bond acceptors (Lipinski definition) is 2. The fourth-order valence-electron chi connectivity index (χ4n) is 2.97. The summed E-state index contributed by atoms with van der Waals surface area (Å²) in [4.78, 5) is 27.2. The van der Waals surface area contributed by atoms with Gasteiger partial charge in [-0.25, -0.2) is 0 Å². The summed E-state index contributed by atoms with van der Waals surface area (Å²) in [6.45, 7) is 10.3. The van der Waals surface area contributed by atoms with Gasteiger partial charge in [0.25, 0.3) is 0 Å². The summed E-state index contributed by atoms with van der Waals surface area (Å²) in [6.07, 6.45) is 1.87. The number of nitrogens with zero attached hydrogens (tertiary/aromatic N) is 1. The fourth-order valence-corrected chi connectivity index (χ4v) is 3.04. The monoisotopic (exact) mass is 314 g/mol. The van der Waals surface area contributed by atoms with Gasteiger partial charge in [0.05, 0.1) is 0 Å². The van der Waals surface area contributed by atoms with E-state index < -0.39 is 11.6 Å². The second-order valence-corrected chi connectivity index (χ2v) is 6.49. The van der Waals surface area contributed by atoms with Crippen LogP contribution in [-0.2, 0) is 9.59 Å². The van der Waals surface area contributed by atoms with Crippen LogP contribution in [-0.4, -0.2) is 34.8 Å². The van der Waals surface area contributed by atoms with E-state index in [1.165, 1.54) is 5.54 Å². The average molecular weight is 315 g/mol. The molecule has 1 unspecified atom stereocenters. The Kier molecular flexibility index (Phi) is 6.26. The highest BCUT2D eigenvalue weighted by molar-refractivity contribution is 6.25. The van der Waals surface area contributed by atoms with Crippen molar-refractivity contribution in [1.29, 1.82) is 0 Å². The third-order valence-electron chi connectivity index (χ3n) is 4.28. The molecule has 4 nitrogen and oxygen atoms in total. The highest BCUT2D eigenvalue weighted by Crippen LogP contribution is 2.31. The van der Waals surface area contributed by atoms with E-state index in [-0.39, 0.29) is 11.8 Å². The second kappa shape index (κ2) is 7.30. The van der Waals surface area contributed by atoms with Crippen molar-refractivity contribution in [2.45, 2.75) is 65.5 Å². The van der Waals surface area contributed by atoms with Crippen molar-refractivity contribution < 1.29 is 9.59 Å². The van der Waals surface area contributed by atoms with Crippen LogP contribution < -0.4 is 5.32 Å². The zero-order chi connectivity index (χ0) is 16.2. The van der Waals surface area contributed by atoms with Crippen LogP contribution in [0.15, 0.2) is 11.1 Å². The number of amides is 2. The Labute approximate surface area is 132 Å². The predicted octanol–water partition coefficient (Wildman–Crippen LogP) is 3.06. The van der Waals surface area contributed by atoms with E-state index in [1.807, 2.05) is 20.8 Å². The number of halogens is 1. The molecule has 0 saturated carbocycles. The lowest BCUT2D eigenvalue weighted by molar-refractivity contribution is -0.158. The summed E-state index contributed by atoms with van der Waals surface area (Å²) in [7, 11) is 0. The number of piperazine rings is 1. The molecule has 1 fully saturated rings. The Balaban J connectivity index is 3.17. The molecule has 21 heavy (non-hydrogen) atoms. The molecule has 0 aromatic heterocycles. The first-order valence-electron chi connectivity index (χ1n) is 7.70. The van der Waals surface area contributed by atoms with E-state index in [0.29, 0.717) is 31.7 Å². The van der Waals surface area contributed by atoms with Crippen molar-refractivity contribution in [3.05, 3.63) is 11.1 Å². The lowest BCUT2D eigenvalue weighted by atomic mass is 9.84. The summed E-state index contributed by atoms with van der Waals surface area (Å²) in [5.41, 5.74) is 1.60. The highest BCUT2D eigenvalue weighted by Gasteiger charge is 2.50. The topological polar surface area (TPSA) is 49.4 Å². The van der Waals surface area contributed by atoms with E-state index in [2.05, 4.69) is 19.2 Å². The van der Waals surface area contributed by atoms with Gasteiger partial charge in [-0.05, 0) is 37.7 Å². The van der Waals surface area contributed by atoms with Gasteiger partial charge in [0.2, 0.25) is 11.8 Å². The van der Waals surface area contributed by atoms with Gasteiger partial charge in [0, 0.05) is 12.1 Å². The molecule has 1 N–H and O–H groups in total. The van der Waals surface area contributed by atoms with E-state index in [1.54, 1.807) is 4.90 Å². The Morgan fingerprint density at radius 1 is 1.38 bits per heavy atom. The van der Waals surface area contributed by atoms with Crippen LogP contribution >= 0.6 is 11.6 Å². The third-order valence-corrected chi connectivity index (χ3v) is 4.65. The quantitative estimate of drug-likeness (QED) is 0.819. The standard InChI is InChI=1S/C16H27ClN2O2/c1-6-16(7-2)15(21)18-13(8-11(3)4)14(20)19(16)10-12(5)9-17/h9,11,13H,6-8,10H2,1-5H3,(H,18,21). The predicted molar refractivity (Wildman–Crippen MR) is 86.0 cm³/mol. The first-order valence-corrected chi connectivity index (χ1v) is 8.14. The van der Waals surface area contributed by atoms with Gasteiger partial charge in [-0.15, -0.1) is 0 Å². The van der Waals surface area contributed by atoms with E-state index in [0.717, 1.165) is 5.57 Å². The molecular formula is C16H27ClN2O2. The first-order chi connectivity index (χ1) is 9.82. The molecule has 0 bridgehead atoms. The highest BCUT2D eigenvalue weighted by atomic mass is 35.5. The fraction of sp³-hybridized carbons (Fsp3) is 0.750. The summed E-state index contributed by atoms with van der Waals surface area (Å²) in [5.74, 6) is 0.312. The van der Waals surface area contributed by atoms with Gasteiger partial charge in [-0.1, -0.05) is 39.3 Å². The Morgan fingerprint density at radius 2 is 1.95 bits per heavy atom. The maximum Gasteiger partial charge on any atom is 0.246 e. The summed E-state index contributed by atoms with van der Waals surface area (Å²) in [6, 6.07) is -0.424. The molecule has 120 valence electrons. The molecule has 1 aliphatic rings. The van der Waals surface area contributed by atoms with E-state index in [9.17, 15) is 9.59 Å². The normalized spacial score (nSPS) is 22.7. The van der Waals surface area contributed by atoms with Crippen LogP contribution in [0.25, 0.3) is 0 Å². The number of rotatable bonds is 6. The van der Waals surface area contributed by atoms with Gasteiger partial charge in [0.15, 0.2) is 0 Å². The summed E-state index contributed by atoms with van der Waals surface area (Å²) < 4.78 is 0. The minimum atomic E-state index is -0.758. The molecule has 0 aliphatic carbocycles. The molecule has 1 rings (SSSR count). The zero-order valence-electron chi connectivity index (χ0n) is 13.7. The molecule has 0 aromatic carbocycles. The van der Waals surface area contributed by atoms with Crippen molar-refractivity contribution in [2.75, 3.05) is 6.54 Å². The molecule has 0 spiro atoms. The molecule has 0 aromatic rings. The molecule has 2 amide bonds. The average Bonchev–Trinajstić information content (AvgIpc) is 2.44. The number of hydrogen-bond donors (Lipinski definition) is 1. The smallest absolute Gasteiger partial charge is 0.246 e. The van der Waals surface area contributed by atoms with Crippen molar-refractivity contribution in [1.82, 2.24) is 10.2 Å². The molecule has 1 heterocycles. The molecule has 1 atom stereocenters. The van der Waals surface area contributed by atoms with Crippen LogP contribution in [0.1, 0.15) is 53.9 Å². The van der Waals surface area contributed by atoms with Crippen molar-refractivity contribution >= 4 is 23.4 Å². The number of nitrogens with one attached hydrogen (secondary N) is 1. The minimum absolute atomic E-state index is 0.00451. The molecule has 1 aliphatic heterocycles. The third kappa shape index (κ3) is 3.60. The van der Waals surface area contributed by atoms with E-state index >= 15 is 0 Å². The number of carbonyl (C=O) groups excluding carboxylic acids is 2. The van der Waals surface area contributed by atoms with Crippen molar-refractivity contribution in [3.63, 3.8) is 0 Å². The maximum atomic E-state index is 12.8. The van der Waals surface area contributed by atoms with Gasteiger partial charge in [0.1, 0.15) is 11.6 Å². The zero-order valence-corrected chi connectivity index (χ0v) is 14.5. The van der Waals surface area contributed by atoms with Crippen LogP contribution in [0.5, 0.6) is 0 Å². The van der Waals surface area contributed by atoms with Crippen LogP contribution in [0.3, 0.4) is 0 Å². The largest absolute Gasteiger partial charge is 0.342 e.